The van der Waals surface area contributed by atoms with Gasteiger partial charge in [-0.3, -0.25) is 9.48 Å². The van der Waals surface area contributed by atoms with Crippen molar-refractivity contribution >= 4 is 17.2 Å². The number of amides is 1. The molecular formula is C15H21N3OS. The minimum absolute atomic E-state index is 0.0257. The molecule has 0 aliphatic rings. The third-order valence-corrected chi connectivity index (χ3v) is 4.28. The van der Waals surface area contributed by atoms with Crippen molar-refractivity contribution in [3.63, 3.8) is 0 Å². The van der Waals surface area contributed by atoms with E-state index in [9.17, 15) is 4.79 Å². The Morgan fingerprint density at radius 1 is 1.45 bits per heavy atom. The van der Waals surface area contributed by atoms with Crippen molar-refractivity contribution in [1.29, 1.82) is 0 Å². The van der Waals surface area contributed by atoms with Crippen molar-refractivity contribution in [2.75, 3.05) is 6.54 Å². The van der Waals surface area contributed by atoms with E-state index >= 15 is 0 Å². The Bertz CT molecular complexity index is 600. The molecule has 0 spiro atoms. The van der Waals surface area contributed by atoms with Gasteiger partial charge in [0.1, 0.15) is 0 Å². The fraction of sp³-hybridized carbons (Fsp3) is 0.467. The summed E-state index contributed by atoms with van der Waals surface area (Å²) in [7, 11) is 0. The minimum atomic E-state index is 0.0257. The summed E-state index contributed by atoms with van der Waals surface area (Å²) in [5.74, 6) is 0.370. The van der Waals surface area contributed by atoms with Crippen molar-refractivity contribution in [1.82, 2.24) is 15.1 Å². The first-order valence-electron chi connectivity index (χ1n) is 6.80. The van der Waals surface area contributed by atoms with Crippen LogP contribution < -0.4 is 5.32 Å². The second-order valence-electron chi connectivity index (χ2n) is 5.36. The smallest absolute Gasteiger partial charge is 0.261 e. The third kappa shape index (κ3) is 3.48. The fourth-order valence-electron chi connectivity index (χ4n) is 2.17. The number of thiophene rings is 1. The predicted molar refractivity (Wildman–Crippen MR) is 82.3 cm³/mol. The Morgan fingerprint density at radius 2 is 2.20 bits per heavy atom. The van der Waals surface area contributed by atoms with Gasteiger partial charge in [-0.1, -0.05) is 6.92 Å². The van der Waals surface area contributed by atoms with Gasteiger partial charge in [0.2, 0.25) is 0 Å². The molecule has 0 bridgehead atoms. The van der Waals surface area contributed by atoms with Gasteiger partial charge in [-0.25, -0.2) is 0 Å². The van der Waals surface area contributed by atoms with Crippen LogP contribution in [-0.2, 0) is 6.54 Å². The lowest BCUT2D eigenvalue weighted by Gasteiger charge is -2.14. The molecular weight excluding hydrogens is 270 g/mol. The first kappa shape index (κ1) is 14.8. The van der Waals surface area contributed by atoms with Crippen LogP contribution >= 0.6 is 11.3 Å². The molecule has 0 saturated heterocycles. The lowest BCUT2D eigenvalue weighted by Crippen LogP contribution is -2.30. The number of carbonyl (C=O) groups excluding carboxylic acids is 1. The van der Waals surface area contributed by atoms with E-state index in [0.717, 1.165) is 28.4 Å². The maximum Gasteiger partial charge on any atom is 0.261 e. The summed E-state index contributed by atoms with van der Waals surface area (Å²) in [4.78, 5) is 12.8. The number of nitrogens with one attached hydrogen (secondary N) is 1. The quantitative estimate of drug-likeness (QED) is 0.920. The Labute approximate surface area is 123 Å². The summed E-state index contributed by atoms with van der Waals surface area (Å²) in [5.41, 5.74) is 3.24. The van der Waals surface area contributed by atoms with Gasteiger partial charge in [-0.2, -0.15) is 5.10 Å². The third-order valence-electron chi connectivity index (χ3n) is 3.27. The molecule has 1 atom stereocenters. The number of hydrogen-bond acceptors (Lipinski definition) is 3. The minimum Gasteiger partial charge on any atom is -0.351 e. The molecule has 0 aliphatic carbocycles. The molecule has 0 aliphatic heterocycles. The summed E-state index contributed by atoms with van der Waals surface area (Å²) in [6.45, 7) is 9.62. The first-order valence-corrected chi connectivity index (χ1v) is 7.68. The highest BCUT2D eigenvalue weighted by atomic mass is 32.1. The number of hydrogen-bond donors (Lipinski definition) is 1. The van der Waals surface area contributed by atoms with Gasteiger partial charge in [0.25, 0.3) is 5.91 Å². The molecule has 1 unspecified atom stereocenters. The lowest BCUT2D eigenvalue weighted by atomic mass is 10.1. The van der Waals surface area contributed by atoms with Crippen molar-refractivity contribution in [2.24, 2.45) is 5.92 Å². The molecule has 0 aromatic carbocycles. The molecule has 1 amide bonds. The largest absolute Gasteiger partial charge is 0.351 e. The van der Waals surface area contributed by atoms with Crippen molar-refractivity contribution in [3.05, 3.63) is 39.3 Å². The van der Waals surface area contributed by atoms with Crippen LogP contribution in [0.25, 0.3) is 0 Å². The SMILES string of the molecule is Cc1cc(C)n(CC(C)CNC(=O)c2sccc2C)n1. The number of aromatic nitrogens is 2. The maximum absolute atomic E-state index is 12.0. The second-order valence-corrected chi connectivity index (χ2v) is 6.27. The Hall–Kier alpha value is -1.62. The van der Waals surface area contributed by atoms with Crippen LogP contribution in [0.4, 0.5) is 0 Å². The van der Waals surface area contributed by atoms with Crippen LogP contribution in [0.2, 0.25) is 0 Å². The van der Waals surface area contributed by atoms with Crippen molar-refractivity contribution in [3.8, 4) is 0 Å². The predicted octanol–water partition coefficient (Wildman–Crippen LogP) is 2.94. The molecule has 20 heavy (non-hydrogen) atoms. The van der Waals surface area contributed by atoms with E-state index in [1.807, 2.05) is 30.0 Å². The van der Waals surface area contributed by atoms with Crippen LogP contribution in [0.5, 0.6) is 0 Å². The number of rotatable bonds is 5. The van der Waals surface area contributed by atoms with Crippen LogP contribution in [-0.4, -0.2) is 22.2 Å². The highest BCUT2D eigenvalue weighted by Gasteiger charge is 2.12. The molecule has 2 rings (SSSR count). The topological polar surface area (TPSA) is 46.9 Å². The maximum atomic E-state index is 12.0. The average molecular weight is 291 g/mol. The molecule has 0 fully saturated rings. The molecule has 1 N–H and O–H groups in total. The zero-order valence-electron chi connectivity index (χ0n) is 12.4. The van der Waals surface area contributed by atoms with Gasteiger partial charge >= 0.3 is 0 Å². The molecule has 0 saturated carbocycles. The van der Waals surface area contributed by atoms with Gasteiger partial charge in [-0.05, 0) is 49.8 Å². The van der Waals surface area contributed by atoms with Gasteiger partial charge in [0.15, 0.2) is 0 Å². The van der Waals surface area contributed by atoms with E-state index in [4.69, 9.17) is 0 Å². The van der Waals surface area contributed by atoms with Crippen LogP contribution in [0.3, 0.4) is 0 Å². The highest BCUT2D eigenvalue weighted by molar-refractivity contribution is 7.12. The standard InChI is InChI=1S/C15H21N3OS/c1-10(9-18-13(4)7-12(3)17-18)8-16-15(19)14-11(2)5-6-20-14/h5-7,10H,8-9H2,1-4H3,(H,16,19). The van der Waals surface area contributed by atoms with E-state index in [1.54, 1.807) is 0 Å². The van der Waals surface area contributed by atoms with E-state index < -0.39 is 0 Å². The summed E-state index contributed by atoms with van der Waals surface area (Å²) in [6, 6.07) is 4.04. The van der Waals surface area contributed by atoms with Crippen molar-refractivity contribution < 1.29 is 4.79 Å². The molecule has 2 aromatic heterocycles. The van der Waals surface area contributed by atoms with Crippen molar-refractivity contribution in [2.45, 2.75) is 34.2 Å². The van der Waals surface area contributed by atoms with Crippen LogP contribution in [0.1, 0.15) is 33.5 Å². The summed E-state index contributed by atoms with van der Waals surface area (Å²) in [6.07, 6.45) is 0. The van der Waals surface area contributed by atoms with Gasteiger partial charge in [0.05, 0.1) is 10.6 Å². The highest BCUT2D eigenvalue weighted by Crippen LogP contribution is 2.15. The van der Waals surface area contributed by atoms with Crippen LogP contribution in [0.15, 0.2) is 17.5 Å². The van der Waals surface area contributed by atoms with E-state index in [2.05, 4.69) is 30.3 Å². The molecule has 2 aromatic rings. The molecule has 5 heteroatoms. The number of aryl methyl sites for hydroxylation is 3. The molecule has 4 nitrogen and oxygen atoms in total. The van der Waals surface area contributed by atoms with E-state index in [-0.39, 0.29) is 5.91 Å². The fourth-order valence-corrected chi connectivity index (χ4v) is 3.01. The normalized spacial score (nSPS) is 12.4. The lowest BCUT2D eigenvalue weighted by molar-refractivity contribution is 0.0950. The van der Waals surface area contributed by atoms with E-state index in [0.29, 0.717) is 12.5 Å². The van der Waals surface area contributed by atoms with Gasteiger partial charge in [0, 0.05) is 18.8 Å². The Kier molecular flexibility index (Phi) is 4.60. The van der Waals surface area contributed by atoms with Gasteiger partial charge in [-0.15, -0.1) is 11.3 Å². The Balaban J connectivity index is 1.86. The molecule has 108 valence electrons. The first-order chi connectivity index (χ1) is 9.47. The number of carbonyl (C=O) groups is 1. The zero-order chi connectivity index (χ0) is 14.7. The average Bonchev–Trinajstić information content (AvgIpc) is 2.93. The van der Waals surface area contributed by atoms with Gasteiger partial charge < -0.3 is 5.32 Å². The van der Waals surface area contributed by atoms with E-state index in [1.165, 1.54) is 11.3 Å². The summed E-state index contributed by atoms with van der Waals surface area (Å²) in [5, 5.41) is 9.40. The summed E-state index contributed by atoms with van der Waals surface area (Å²) < 4.78 is 2.00. The molecule has 0 radical (unpaired) electrons. The molecule has 2 heterocycles. The zero-order valence-corrected chi connectivity index (χ0v) is 13.3. The Morgan fingerprint density at radius 3 is 2.75 bits per heavy atom. The monoisotopic (exact) mass is 291 g/mol. The summed E-state index contributed by atoms with van der Waals surface area (Å²) >= 11 is 1.49. The second kappa shape index (κ2) is 6.22. The number of nitrogens with zero attached hydrogens (tertiary/aromatic N) is 2. The van der Waals surface area contributed by atoms with Crippen LogP contribution in [0, 0.1) is 26.7 Å².